The number of halogens is 1. The number of hydrogen-bond donors (Lipinski definition) is 1. The molecular formula is C17H17ClN2O3. The molecule has 2 aromatic rings. The fourth-order valence-electron chi connectivity index (χ4n) is 1.93. The summed E-state index contributed by atoms with van der Waals surface area (Å²) in [6, 6.07) is 12.8. The molecule has 2 rings (SSSR count). The zero-order chi connectivity index (χ0) is 16.7. The van der Waals surface area contributed by atoms with Gasteiger partial charge in [0, 0.05) is 12.7 Å². The van der Waals surface area contributed by atoms with Gasteiger partial charge in [-0.2, -0.15) is 0 Å². The first kappa shape index (κ1) is 17.0. The monoisotopic (exact) mass is 332 g/mol. The molecule has 0 aliphatic heterocycles. The molecule has 0 unspecified atom stereocenters. The van der Waals surface area contributed by atoms with Crippen LogP contribution in [0.3, 0.4) is 0 Å². The Balaban J connectivity index is 1.75. The lowest BCUT2D eigenvalue weighted by atomic mass is 10.0. The highest BCUT2D eigenvalue weighted by atomic mass is 35.5. The zero-order valence-electron chi connectivity index (χ0n) is 12.7. The predicted octanol–water partition coefficient (Wildman–Crippen LogP) is 2.81. The lowest BCUT2D eigenvalue weighted by molar-refractivity contribution is -0.124. The van der Waals surface area contributed by atoms with Crippen LogP contribution in [-0.2, 0) is 9.53 Å². The Bertz CT molecular complexity index is 659. The third kappa shape index (κ3) is 5.38. The maximum Gasteiger partial charge on any atom is 0.340 e. The highest BCUT2D eigenvalue weighted by Gasteiger charge is 2.12. The number of carbonyl (C=O) groups is 2. The first-order valence-corrected chi connectivity index (χ1v) is 7.54. The van der Waals surface area contributed by atoms with Crippen molar-refractivity contribution in [2.45, 2.75) is 12.8 Å². The Labute approximate surface area is 139 Å². The highest BCUT2D eigenvalue weighted by Crippen LogP contribution is 2.12. The summed E-state index contributed by atoms with van der Waals surface area (Å²) in [5, 5.41) is 3.03. The quantitative estimate of drug-likeness (QED) is 0.652. The molecule has 1 aromatic heterocycles. The molecule has 0 aliphatic rings. The number of aromatic nitrogens is 1. The van der Waals surface area contributed by atoms with Crippen LogP contribution < -0.4 is 5.32 Å². The average molecular weight is 333 g/mol. The molecule has 1 aromatic carbocycles. The van der Waals surface area contributed by atoms with Crippen LogP contribution in [0.2, 0.25) is 5.15 Å². The van der Waals surface area contributed by atoms with Gasteiger partial charge < -0.3 is 10.1 Å². The molecule has 5 nitrogen and oxygen atoms in total. The molecule has 1 atom stereocenters. The van der Waals surface area contributed by atoms with Crippen LogP contribution in [0.4, 0.5) is 0 Å². The number of amides is 1. The van der Waals surface area contributed by atoms with Gasteiger partial charge in [-0.3, -0.25) is 4.79 Å². The van der Waals surface area contributed by atoms with E-state index in [-0.39, 0.29) is 29.1 Å². The Morgan fingerprint density at radius 3 is 2.61 bits per heavy atom. The van der Waals surface area contributed by atoms with Gasteiger partial charge in [0.1, 0.15) is 5.15 Å². The molecule has 0 spiro atoms. The number of nitrogens with zero attached hydrogens (tertiary/aromatic N) is 1. The second-order valence-corrected chi connectivity index (χ2v) is 5.45. The van der Waals surface area contributed by atoms with E-state index in [2.05, 4.69) is 10.3 Å². The number of hydrogen-bond acceptors (Lipinski definition) is 4. The van der Waals surface area contributed by atoms with E-state index in [4.69, 9.17) is 16.3 Å². The van der Waals surface area contributed by atoms with Gasteiger partial charge in [0.05, 0.1) is 5.56 Å². The van der Waals surface area contributed by atoms with Crippen molar-refractivity contribution >= 4 is 23.5 Å². The smallest absolute Gasteiger partial charge is 0.340 e. The molecule has 23 heavy (non-hydrogen) atoms. The molecule has 120 valence electrons. The first-order chi connectivity index (χ1) is 11.1. The van der Waals surface area contributed by atoms with Crippen LogP contribution in [0.15, 0.2) is 48.7 Å². The largest absolute Gasteiger partial charge is 0.452 e. The minimum absolute atomic E-state index is 0.177. The number of nitrogens with one attached hydrogen (secondary N) is 1. The van der Waals surface area contributed by atoms with Gasteiger partial charge >= 0.3 is 5.97 Å². The van der Waals surface area contributed by atoms with Crippen molar-refractivity contribution in [3.63, 3.8) is 0 Å². The van der Waals surface area contributed by atoms with Crippen LogP contribution in [0.5, 0.6) is 0 Å². The second kappa shape index (κ2) is 8.29. The second-order valence-electron chi connectivity index (χ2n) is 5.06. The molecule has 0 radical (unpaired) electrons. The summed E-state index contributed by atoms with van der Waals surface area (Å²) in [6.07, 6.45) is 1.31. The summed E-state index contributed by atoms with van der Waals surface area (Å²) in [5.74, 6) is -0.778. The van der Waals surface area contributed by atoms with Gasteiger partial charge in [0.25, 0.3) is 5.91 Å². The van der Waals surface area contributed by atoms with E-state index >= 15 is 0 Å². The normalized spacial score (nSPS) is 11.6. The Hall–Kier alpha value is -2.40. The molecule has 1 heterocycles. The van der Waals surface area contributed by atoms with Crippen molar-refractivity contribution in [1.29, 1.82) is 0 Å². The molecule has 0 bridgehead atoms. The van der Waals surface area contributed by atoms with E-state index in [1.807, 2.05) is 37.3 Å². The van der Waals surface area contributed by atoms with Gasteiger partial charge in [-0.15, -0.1) is 0 Å². The van der Waals surface area contributed by atoms with Crippen LogP contribution in [0.1, 0.15) is 28.8 Å². The maximum absolute atomic E-state index is 11.7. The SMILES string of the molecule is C[C@H](CNC(=O)COC(=O)c1ccc(Cl)nc1)c1ccccc1. The number of rotatable bonds is 6. The molecule has 0 aliphatic carbocycles. The fraction of sp³-hybridized carbons (Fsp3) is 0.235. The van der Waals surface area contributed by atoms with Crippen LogP contribution in [-0.4, -0.2) is 30.0 Å². The molecular weight excluding hydrogens is 316 g/mol. The third-order valence-corrected chi connectivity index (χ3v) is 3.50. The minimum Gasteiger partial charge on any atom is -0.452 e. The number of pyridine rings is 1. The molecule has 0 fully saturated rings. The summed E-state index contributed by atoms with van der Waals surface area (Å²) < 4.78 is 4.93. The maximum atomic E-state index is 11.7. The highest BCUT2D eigenvalue weighted by molar-refractivity contribution is 6.29. The molecule has 6 heteroatoms. The average Bonchev–Trinajstić information content (AvgIpc) is 2.59. The van der Waals surface area contributed by atoms with Gasteiger partial charge in [0.15, 0.2) is 6.61 Å². The summed E-state index contributed by atoms with van der Waals surface area (Å²) in [4.78, 5) is 27.3. The van der Waals surface area contributed by atoms with Crippen molar-refractivity contribution < 1.29 is 14.3 Å². The van der Waals surface area contributed by atoms with Gasteiger partial charge in [-0.25, -0.2) is 9.78 Å². The zero-order valence-corrected chi connectivity index (χ0v) is 13.4. The predicted molar refractivity (Wildman–Crippen MR) is 87.4 cm³/mol. The first-order valence-electron chi connectivity index (χ1n) is 7.16. The number of benzene rings is 1. The summed E-state index contributed by atoms with van der Waals surface area (Å²) in [6.45, 7) is 2.16. The number of carbonyl (C=O) groups excluding carboxylic acids is 2. The molecule has 1 N–H and O–H groups in total. The van der Waals surface area contributed by atoms with Gasteiger partial charge in [-0.05, 0) is 23.6 Å². The summed E-state index contributed by atoms with van der Waals surface area (Å²) in [7, 11) is 0. The fourth-order valence-corrected chi connectivity index (χ4v) is 2.04. The Morgan fingerprint density at radius 2 is 1.96 bits per heavy atom. The van der Waals surface area contributed by atoms with Gasteiger partial charge in [-0.1, -0.05) is 48.9 Å². The van der Waals surface area contributed by atoms with Crippen LogP contribution in [0, 0.1) is 0 Å². The van der Waals surface area contributed by atoms with E-state index in [1.54, 1.807) is 0 Å². The standard InChI is InChI=1S/C17H17ClN2O3/c1-12(13-5-3-2-4-6-13)9-20-16(21)11-23-17(22)14-7-8-15(18)19-10-14/h2-8,10,12H,9,11H2,1H3,(H,20,21)/t12-/m1/s1. The molecule has 0 saturated carbocycles. The van der Waals surface area contributed by atoms with E-state index in [9.17, 15) is 9.59 Å². The van der Waals surface area contributed by atoms with E-state index in [0.29, 0.717) is 6.54 Å². The summed E-state index contributed by atoms with van der Waals surface area (Å²) in [5.41, 5.74) is 1.39. The Morgan fingerprint density at radius 1 is 1.22 bits per heavy atom. The van der Waals surface area contributed by atoms with E-state index < -0.39 is 5.97 Å². The number of esters is 1. The van der Waals surface area contributed by atoms with Crippen molar-refractivity contribution in [3.05, 3.63) is 64.9 Å². The molecule has 0 saturated heterocycles. The minimum atomic E-state index is -0.611. The van der Waals surface area contributed by atoms with Crippen LogP contribution >= 0.6 is 11.6 Å². The van der Waals surface area contributed by atoms with Crippen molar-refractivity contribution in [1.82, 2.24) is 10.3 Å². The number of ether oxygens (including phenoxy) is 1. The molecule has 1 amide bonds. The lowest BCUT2D eigenvalue weighted by Gasteiger charge is -2.13. The van der Waals surface area contributed by atoms with E-state index in [1.165, 1.54) is 18.3 Å². The lowest BCUT2D eigenvalue weighted by Crippen LogP contribution is -2.31. The van der Waals surface area contributed by atoms with Crippen LogP contribution in [0.25, 0.3) is 0 Å². The van der Waals surface area contributed by atoms with E-state index in [0.717, 1.165) is 5.56 Å². The van der Waals surface area contributed by atoms with Gasteiger partial charge in [0.2, 0.25) is 0 Å². The third-order valence-electron chi connectivity index (χ3n) is 3.27. The Kier molecular flexibility index (Phi) is 6.11. The topological polar surface area (TPSA) is 68.3 Å². The van der Waals surface area contributed by atoms with Crippen molar-refractivity contribution in [2.24, 2.45) is 0 Å². The summed E-state index contributed by atoms with van der Waals surface area (Å²) >= 11 is 5.64. The van der Waals surface area contributed by atoms with Crippen molar-refractivity contribution in [2.75, 3.05) is 13.2 Å². The van der Waals surface area contributed by atoms with Crippen molar-refractivity contribution in [3.8, 4) is 0 Å².